The molecule has 4 rings (SSSR count). The Kier molecular flexibility index (Phi) is 4.19. The van der Waals surface area contributed by atoms with Crippen molar-refractivity contribution in [2.75, 3.05) is 17.2 Å². The Bertz CT molecular complexity index is 955. The fourth-order valence-corrected chi connectivity index (χ4v) is 4.45. The number of anilines is 1. The van der Waals surface area contributed by atoms with Crippen molar-refractivity contribution in [1.29, 1.82) is 0 Å². The maximum absolute atomic E-state index is 13.2. The molecule has 2 aliphatic rings. The zero-order valence-corrected chi connectivity index (χ0v) is 14.8. The number of para-hydroxylation sites is 1. The van der Waals surface area contributed by atoms with Crippen molar-refractivity contribution < 1.29 is 24.3 Å². The lowest BCUT2D eigenvalue weighted by Gasteiger charge is -2.28. The average molecular weight is 382 g/mol. The van der Waals surface area contributed by atoms with Crippen LogP contribution in [0.4, 0.5) is 5.69 Å². The second-order valence-electron chi connectivity index (χ2n) is 6.14. The summed E-state index contributed by atoms with van der Waals surface area (Å²) in [6.07, 6.45) is 0. The number of carboxylic acid groups (broad SMARTS) is 1. The van der Waals surface area contributed by atoms with E-state index in [9.17, 15) is 24.3 Å². The van der Waals surface area contributed by atoms with Crippen LogP contribution in [0.25, 0.3) is 0 Å². The van der Waals surface area contributed by atoms with Gasteiger partial charge in [0.1, 0.15) is 12.6 Å². The van der Waals surface area contributed by atoms with E-state index in [2.05, 4.69) is 0 Å². The maximum atomic E-state index is 13.2. The highest BCUT2D eigenvalue weighted by molar-refractivity contribution is 7.99. The molecule has 27 heavy (non-hydrogen) atoms. The highest BCUT2D eigenvalue weighted by atomic mass is 32.2. The molecule has 2 aromatic carbocycles. The maximum Gasteiger partial charge on any atom is 0.323 e. The van der Waals surface area contributed by atoms with Crippen molar-refractivity contribution in [1.82, 2.24) is 4.90 Å². The highest BCUT2D eigenvalue weighted by Gasteiger charge is 2.45. The number of carbonyl (C=O) groups is 4. The molecule has 0 bridgehead atoms. The predicted octanol–water partition coefficient (Wildman–Crippen LogP) is 1.87. The van der Waals surface area contributed by atoms with Gasteiger partial charge in [0, 0.05) is 10.6 Å². The van der Waals surface area contributed by atoms with Crippen LogP contribution in [-0.2, 0) is 9.59 Å². The normalized spacial score (nSPS) is 19.0. The molecule has 0 spiro atoms. The van der Waals surface area contributed by atoms with Gasteiger partial charge in [-0.15, -0.1) is 11.8 Å². The Balaban J connectivity index is 1.75. The van der Waals surface area contributed by atoms with Crippen LogP contribution in [0, 0.1) is 0 Å². The van der Waals surface area contributed by atoms with E-state index in [-0.39, 0.29) is 16.9 Å². The summed E-state index contributed by atoms with van der Waals surface area (Å²) >= 11 is 1.32. The Labute approximate surface area is 158 Å². The fourth-order valence-electron chi connectivity index (χ4n) is 3.32. The van der Waals surface area contributed by atoms with Gasteiger partial charge in [-0.1, -0.05) is 24.3 Å². The highest BCUT2D eigenvalue weighted by Crippen LogP contribution is 2.37. The summed E-state index contributed by atoms with van der Waals surface area (Å²) in [5.41, 5.74) is 0.979. The second-order valence-corrected chi connectivity index (χ2v) is 7.20. The van der Waals surface area contributed by atoms with E-state index in [4.69, 9.17) is 0 Å². The van der Waals surface area contributed by atoms with Crippen LogP contribution in [0.15, 0.2) is 53.4 Å². The smallest absolute Gasteiger partial charge is 0.323 e. The minimum atomic E-state index is -1.17. The summed E-state index contributed by atoms with van der Waals surface area (Å²) in [6.45, 7) is -0.546. The van der Waals surface area contributed by atoms with Crippen LogP contribution in [0.5, 0.6) is 0 Å². The fraction of sp³-hybridized carbons (Fsp3) is 0.158. The molecule has 0 aromatic heterocycles. The quantitative estimate of drug-likeness (QED) is 0.815. The number of fused-ring (bicyclic) bond motifs is 2. The van der Waals surface area contributed by atoms with Crippen molar-refractivity contribution in [3.8, 4) is 0 Å². The standard InChI is InChI=1S/C19H14N2O5S/c22-16(23)9-20-13-7-3-4-8-15(13)27-10-14(19(20)26)21-17(24)11-5-1-2-6-12(11)18(21)25/h1-8,14H,9-10H2,(H,22,23). The number of benzene rings is 2. The number of amides is 3. The SMILES string of the molecule is O=C(O)CN1C(=O)C(N2C(=O)c3ccccc3C2=O)CSc2ccccc21. The minimum Gasteiger partial charge on any atom is -0.480 e. The molecular formula is C19H14N2O5S. The topological polar surface area (TPSA) is 95.0 Å². The number of carboxylic acids is 1. The molecule has 3 amide bonds. The van der Waals surface area contributed by atoms with E-state index in [0.717, 1.165) is 14.7 Å². The first-order valence-corrected chi connectivity index (χ1v) is 9.19. The number of hydrogen-bond acceptors (Lipinski definition) is 5. The summed E-state index contributed by atoms with van der Waals surface area (Å²) in [7, 11) is 0. The zero-order chi connectivity index (χ0) is 19.1. The van der Waals surface area contributed by atoms with E-state index < -0.39 is 36.3 Å². The third kappa shape index (κ3) is 2.78. The summed E-state index contributed by atoms with van der Waals surface area (Å²) in [5.74, 6) is -2.65. The monoisotopic (exact) mass is 382 g/mol. The Morgan fingerprint density at radius 2 is 1.59 bits per heavy atom. The van der Waals surface area contributed by atoms with E-state index in [1.54, 1.807) is 48.5 Å². The Morgan fingerprint density at radius 1 is 1.00 bits per heavy atom. The van der Waals surface area contributed by atoms with Crippen molar-refractivity contribution in [2.24, 2.45) is 0 Å². The van der Waals surface area contributed by atoms with Gasteiger partial charge in [0.2, 0.25) is 0 Å². The predicted molar refractivity (Wildman–Crippen MR) is 97.9 cm³/mol. The minimum absolute atomic E-state index is 0.164. The van der Waals surface area contributed by atoms with Gasteiger partial charge < -0.3 is 5.11 Å². The molecule has 2 heterocycles. The third-order valence-corrected chi connectivity index (χ3v) is 5.67. The lowest BCUT2D eigenvalue weighted by atomic mass is 10.1. The third-order valence-electron chi connectivity index (χ3n) is 4.53. The summed E-state index contributed by atoms with van der Waals surface area (Å²) in [5, 5.41) is 9.25. The molecule has 1 N–H and O–H groups in total. The number of imide groups is 1. The van der Waals surface area contributed by atoms with Gasteiger partial charge in [-0.3, -0.25) is 29.0 Å². The van der Waals surface area contributed by atoms with Gasteiger partial charge in [-0.2, -0.15) is 0 Å². The molecular weight excluding hydrogens is 368 g/mol. The average Bonchev–Trinajstić information content (AvgIpc) is 2.83. The molecule has 2 aromatic rings. The van der Waals surface area contributed by atoms with Gasteiger partial charge in [0.15, 0.2) is 0 Å². The lowest BCUT2D eigenvalue weighted by molar-refractivity contribution is -0.137. The zero-order valence-electron chi connectivity index (χ0n) is 14.0. The molecule has 7 nitrogen and oxygen atoms in total. The van der Waals surface area contributed by atoms with Crippen molar-refractivity contribution in [3.63, 3.8) is 0 Å². The second kappa shape index (κ2) is 6.55. The van der Waals surface area contributed by atoms with Gasteiger partial charge in [0.05, 0.1) is 16.8 Å². The number of nitrogens with zero attached hydrogens (tertiary/aromatic N) is 2. The molecule has 0 fully saturated rings. The van der Waals surface area contributed by atoms with E-state index in [0.29, 0.717) is 5.69 Å². The van der Waals surface area contributed by atoms with Crippen LogP contribution in [0.2, 0.25) is 0 Å². The van der Waals surface area contributed by atoms with Crippen molar-refractivity contribution >= 4 is 41.1 Å². The summed E-state index contributed by atoms with van der Waals surface area (Å²) in [4.78, 5) is 52.9. The lowest BCUT2D eigenvalue weighted by Crippen LogP contribution is -2.52. The molecule has 0 saturated carbocycles. The van der Waals surface area contributed by atoms with E-state index >= 15 is 0 Å². The first kappa shape index (κ1) is 17.3. The molecule has 1 atom stereocenters. The molecule has 0 radical (unpaired) electrons. The van der Waals surface area contributed by atoms with Gasteiger partial charge in [0.25, 0.3) is 17.7 Å². The number of hydrogen-bond donors (Lipinski definition) is 1. The van der Waals surface area contributed by atoms with Gasteiger partial charge in [-0.05, 0) is 24.3 Å². The first-order valence-electron chi connectivity index (χ1n) is 8.21. The molecule has 2 aliphatic heterocycles. The number of thioether (sulfide) groups is 1. The van der Waals surface area contributed by atoms with E-state index in [1.807, 2.05) is 0 Å². The Hall–Kier alpha value is -3.13. The molecule has 1 unspecified atom stereocenters. The van der Waals surface area contributed by atoms with Crippen LogP contribution < -0.4 is 4.90 Å². The Morgan fingerprint density at radius 3 is 2.22 bits per heavy atom. The van der Waals surface area contributed by atoms with E-state index in [1.165, 1.54) is 11.8 Å². The number of rotatable bonds is 3. The van der Waals surface area contributed by atoms with Crippen LogP contribution in [0.3, 0.4) is 0 Å². The van der Waals surface area contributed by atoms with Crippen LogP contribution in [0.1, 0.15) is 20.7 Å². The van der Waals surface area contributed by atoms with Gasteiger partial charge >= 0.3 is 5.97 Å². The summed E-state index contributed by atoms with van der Waals surface area (Å²) in [6, 6.07) is 12.3. The number of aliphatic carboxylic acids is 1. The largest absolute Gasteiger partial charge is 0.480 e. The number of carbonyl (C=O) groups excluding carboxylic acids is 3. The molecule has 0 aliphatic carbocycles. The van der Waals surface area contributed by atoms with Crippen LogP contribution >= 0.6 is 11.8 Å². The summed E-state index contributed by atoms with van der Waals surface area (Å²) < 4.78 is 0. The van der Waals surface area contributed by atoms with Crippen molar-refractivity contribution in [3.05, 3.63) is 59.7 Å². The molecule has 8 heteroatoms. The molecule has 136 valence electrons. The first-order chi connectivity index (χ1) is 13.0. The van der Waals surface area contributed by atoms with Crippen LogP contribution in [-0.4, -0.2) is 52.0 Å². The molecule has 0 saturated heterocycles. The van der Waals surface area contributed by atoms with Gasteiger partial charge in [-0.25, -0.2) is 0 Å². The van der Waals surface area contributed by atoms with Crippen molar-refractivity contribution in [2.45, 2.75) is 10.9 Å².